The van der Waals surface area contributed by atoms with E-state index in [1.807, 2.05) is 30.5 Å². The summed E-state index contributed by atoms with van der Waals surface area (Å²) in [5, 5.41) is 0.781. The molecule has 0 saturated heterocycles. The van der Waals surface area contributed by atoms with E-state index in [4.69, 9.17) is 11.6 Å². The molecule has 2 rings (SSSR count). The summed E-state index contributed by atoms with van der Waals surface area (Å²) in [5.74, 6) is 0.331. The minimum absolute atomic E-state index is 0.331. The topological polar surface area (TPSA) is 12.9 Å². The standard InChI is InChI=1S/C13H12ClN/c1-10(12-5-3-7-15-9-12)11-4-2-6-13(14)8-11/h2-10H,1H3/t10-/m0/s1. The van der Waals surface area contributed by atoms with Crippen molar-refractivity contribution < 1.29 is 0 Å². The molecule has 0 saturated carbocycles. The maximum atomic E-state index is 5.96. The number of hydrogen-bond acceptors (Lipinski definition) is 1. The quantitative estimate of drug-likeness (QED) is 0.744. The smallest absolute Gasteiger partial charge is 0.0408 e. The fourth-order valence-corrected chi connectivity index (χ4v) is 1.80. The third-order valence-corrected chi connectivity index (χ3v) is 2.77. The third-order valence-electron chi connectivity index (χ3n) is 2.53. The molecule has 0 N–H and O–H groups in total. The van der Waals surface area contributed by atoms with E-state index in [9.17, 15) is 0 Å². The lowest BCUT2D eigenvalue weighted by Gasteiger charge is -2.11. The summed E-state index contributed by atoms with van der Waals surface area (Å²) in [5.41, 5.74) is 2.43. The first-order chi connectivity index (χ1) is 7.27. The molecule has 0 spiro atoms. The van der Waals surface area contributed by atoms with Gasteiger partial charge in [0.1, 0.15) is 0 Å². The highest BCUT2D eigenvalue weighted by Crippen LogP contribution is 2.25. The molecule has 1 nitrogen and oxygen atoms in total. The van der Waals surface area contributed by atoms with Crippen LogP contribution in [-0.2, 0) is 0 Å². The SMILES string of the molecule is C[C@H](c1cccnc1)c1cccc(Cl)c1. The van der Waals surface area contributed by atoms with Crippen LogP contribution in [0.2, 0.25) is 5.02 Å². The van der Waals surface area contributed by atoms with Crippen LogP contribution in [0, 0.1) is 0 Å². The highest BCUT2D eigenvalue weighted by Gasteiger charge is 2.07. The zero-order chi connectivity index (χ0) is 10.7. The second kappa shape index (κ2) is 4.45. The predicted octanol–water partition coefficient (Wildman–Crippen LogP) is 3.89. The van der Waals surface area contributed by atoms with Crippen molar-refractivity contribution in [3.05, 3.63) is 64.9 Å². The number of halogens is 1. The molecule has 0 bridgehead atoms. The first-order valence-corrected chi connectivity index (χ1v) is 5.30. The minimum Gasteiger partial charge on any atom is -0.264 e. The number of pyridine rings is 1. The fraction of sp³-hybridized carbons (Fsp3) is 0.154. The third kappa shape index (κ3) is 2.37. The van der Waals surface area contributed by atoms with Crippen LogP contribution in [0.4, 0.5) is 0 Å². The summed E-state index contributed by atoms with van der Waals surface area (Å²) in [6.07, 6.45) is 3.68. The second-order valence-electron chi connectivity index (χ2n) is 3.56. The van der Waals surface area contributed by atoms with E-state index >= 15 is 0 Å². The van der Waals surface area contributed by atoms with Gasteiger partial charge in [0, 0.05) is 23.3 Å². The van der Waals surface area contributed by atoms with Gasteiger partial charge in [0.25, 0.3) is 0 Å². The van der Waals surface area contributed by atoms with Crippen LogP contribution in [0.15, 0.2) is 48.8 Å². The number of nitrogens with zero attached hydrogens (tertiary/aromatic N) is 1. The molecule has 0 aliphatic carbocycles. The van der Waals surface area contributed by atoms with Crippen molar-refractivity contribution in [2.45, 2.75) is 12.8 Å². The average Bonchev–Trinajstić information content (AvgIpc) is 2.29. The van der Waals surface area contributed by atoms with Gasteiger partial charge in [-0.05, 0) is 29.3 Å². The van der Waals surface area contributed by atoms with E-state index in [-0.39, 0.29) is 0 Å². The molecule has 76 valence electrons. The summed E-state index contributed by atoms with van der Waals surface area (Å²) in [6.45, 7) is 2.16. The Morgan fingerprint density at radius 3 is 2.60 bits per heavy atom. The van der Waals surface area contributed by atoms with Gasteiger partial charge >= 0.3 is 0 Å². The molecule has 1 atom stereocenters. The normalized spacial score (nSPS) is 12.4. The summed E-state index contributed by atoms with van der Waals surface area (Å²) < 4.78 is 0. The zero-order valence-corrected chi connectivity index (χ0v) is 9.28. The van der Waals surface area contributed by atoms with Crippen molar-refractivity contribution >= 4 is 11.6 Å². The molecule has 0 aliphatic rings. The molecule has 0 radical (unpaired) electrons. The molecule has 1 aromatic heterocycles. The first kappa shape index (κ1) is 10.2. The van der Waals surface area contributed by atoms with E-state index in [2.05, 4.69) is 24.0 Å². The summed E-state index contributed by atoms with van der Waals surface area (Å²) >= 11 is 5.96. The monoisotopic (exact) mass is 217 g/mol. The lowest BCUT2D eigenvalue weighted by Crippen LogP contribution is -1.95. The zero-order valence-electron chi connectivity index (χ0n) is 8.52. The van der Waals surface area contributed by atoms with Crippen LogP contribution in [0.25, 0.3) is 0 Å². The van der Waals surface area contributed by atoms with Crippen molar-refractivity contribution in [3.8, 4) is 0 Å². The molecule has 0 amide bonds. The predicted molar refractivity (Wildman–Crippen MR) is 63.2 cm³/mol. The van der Waals surface area contributed by atoms with Gasteiger partial charge in [-0.15, -0.1) is 0 Å². The van der Waals surface area contributed by atoms with Gasteiger partial charge in [-0.25, -0.2) is 0 Å². The Morgan fingerprint density at radius 1 is 1.13 bits per heavy atom. The molecule has 2 aromatic rings. The Labute approximate surface area is 94.7 Å². The van der Waals surface area contributed by atoms with Gasteiger partial charge in [0.2, 0.25) is 0 Å². The Kier molecular flexibility index (Phi) is 3.02. The maximum absolute atomic E-state index is 5.96. The number of aromatic nitrogens is 1. The summed E-state index contributed by atoms with van der Waals surface area (Å²) in [7, 11) is 0. The average molecular weight is 218 g/mol. The molecule has 0 aliphatic heterocycles. The van der Waals surface area contributed by atoms with Gasteiger partial charge in [-0.1, -0.05) is 36.7 Å². The van der Waals surface area contributed by atoms with E-state index in [0.717, 1.165) is 5.02 Å². The lowest BCUT2D eigenvalue weighted by molar-refractivity contribution is 0.911. The van der Waals surface area contributed by atoms with Crippen LogP contribution >= 0.6 is 11.6 Å². The highest BCUT2D eigenvalue weighted by molar-refractivity contribution is 6.30. The van der Waals surface area contributed by atoms with Crippen molar-refractivity contribution in [2.75, 3.05) is 0 Å². The number of hydrogen-bond donors (Lipinski definition) is 0. The molecule has 2 heteroatoms. The summed E-state index contributed by atoms with van der Waals surface area (Å²) in [4.78, 5) is 4.12. The van der Waals surface area contributed by atoms with E-state index in [0.29, 0.717) is 5.92 Å². The molecule has 1 aromatic carbocycles. The molecular weight excluding hydrogens is 206 g/mol. The number of rotatable bonds is 2. The Balaban J connectivity index is 2.32. The van der Waals surface area contributed by atoms with Crippen LogP contribution < -0.4 is 0 Å². The van der Waals surface area contributed by atoms with Gasteiger partial charge in [0.15, 0.2) is 0 Å². The van der Waals surface area contributed by atoms with Crippen LogP contribution in [0.5, 0.6) is 0 Å². The molecule has 15 heavy (non-hydrogen) atoms. The Morgan fingerprint density at radius 2 is 1.93 bits per heavy atom. The van der Waals surface area contributed by atoms with Crippen molar-refractivity contribution in [1.82, 2.24) is 4.98 Å². The van der Waals surface area contributed by atoms with Gasteiger partial charge < -0.3 is 0 Å². The molecule has 0 unspecified atom stereocenters. The Hall–Kier alpha value is -1.34. The highest BCUT2D eigenvalue weighted by atomic mass is 35.5. The van der Waals surface area contributed by atoms with E-state index < -0.39 is 0 Å². The first-order valence-electron chi connectivity index (χ1n) is 4.93. The van der Waals surface area contributed by atoms with Gasteiger partial charge in [-0.2, -0.15) is 0 Å². The van der Waals surface area contributed by atoms with Crippen LogP contribution in [0.1, 0.15) is 24.0 Å². The lowest BCUT2D eigenvalue weighted by atomic mass is 9.95. The fourth-order valence-electron chi connectivity index (χ4n) is 1.60. The Bertz CT molecular complexity index is 439. The molecule has 1 heterocycles. The van der Waals surface area contributed by atoms with E-state index in [1.165, 1.54) is 11.1 Å². The van der Waals surface area contributed by atoms with Gasteiger partial charge in [-0.3, -0.25) is 4.98 Å². The van der Waals surface area contributed by atoms with Gasteiger partial charge in [0.05, 0.1) is 0 Å². The van der Waals surface area contributed by atoms with E-state index in [1.54, 1.807) is 6.20 Å². The summed E-state index contributed by atoms with van der Waals surface area (Å²) in [6, 6.07) is 12.0. The maximum Gasteiger partial charge on any atom is 0.0408 e. The van der Waals surface area contributed by atoms with Crippen LogP contribution in [0.3, 0.4) is 0 Å². The second-order valence-corrected chi connectivity index (χ2v) is 4.00. The van der Waals surface area contributed by atoms with Crippen molar-refractivity contribution in [2.24, 2.45) is 0 Å². The molecular formula is C13H12ClN. The minimum atomic E-state index is 0.331. The molecule has 0 fully saturated rings. The van der Waals surface area contributed by atoms with Crippen molar-refractivity contribution in [1.29, 1.82) is 0 Å². The van der Waals surface area contributed by atoms with Crippen molar-refractivity contribution in [3.63, 3.8) is 0 Å². The largest absolute Gasteiger partial charge is 0.264 e. The van der Waals surface area contributed by atoms with Crippen LogP contribution in [-0.4, -0.2) is 4.98 Å². The number of benzene rings is 1.